The molecule has 0 fully saturated rings. The maximum Gasteiger partial charge on any atom is 0.348 e. The number of nitrogens with one attached hydrogen (secondary N) is 2. The third kappa shape index (κ3) is 2.54. The Morgan fingerprint density at radius 2 is 2.05 bits per heavy atom. The van der Waals surface area contributed by atoms with Crippen molar-refractivity contribution in [2.24, 2.45) is 5.73 Å². The van der Waals surface area contributed by atoms with Crippen molar-refractivity contribution >= 4 is 28.4 Å². The smallest absolute Gasteiger partial charge is 0.348 e. The predicted octanol–water partition coefficient (Wildman–Crippen LogP) is 2.52. The summed E-state index contributed by atoms with van der Waals surface area (Å²) in [6, 6.07) is 12.5. The van der Waals surface area contributed by atoms with Crippen LogP contribution in [0.1, 0.15) is 11.1 Å². The van der Waals surface area contributed by atoms with Gasteiger partial charge in [0.05, 0.1) is 10.9 Å². The molecule has 6 nitrogen and oxygen atoms in total. The van der Waals surface area contributed by atoms with E-state index in [0.717, 1.165) is 5.56 Å². The van der Waals surface area contributed by atoms with E-state index in [2.05, 4.69) is 10.3 Å². The molecule has 0 amide bonds. The molecule has 0 unspecified atom stereocenters. The molecule has 0 saturated carbocycles. The molecule has 6 heteroatoms. The van der Waals surface area contributed by atoms with Crippen LogP contribution in [0, 0.1) is 12.3 Å². The molecule has 2 aromatic carbocycles. The molecule has 0 aliphatic rings. The Kier molecular flexibility index (Phi) is 3.34. The molecule has 0 bridgehead atoms. The van der Waals surface area contributed by atoms with E-state index in [9.17, 15) is 4.79 Å². The SMILES string of the molecule is Cc1cccc2nc(Nc3cccc(C(=N)N)c3)oc(=O)c12. The number of benzene rings is 2. The van der Waals surface area contributed by atoms with E-state index in [1.54, 1.807) is 30.3 Å². The van der Waals surface area contributed by atoms with Crippen LogP contribution in [0.15, 0.2) is 51.7 Å². The van der Waals surface area contributed by atoms with Gasteiger partial charge in [-0.1, -0.05) is 24.3 Å². The van der Waals surface area contributed by atoms with E-state index < -0.39 is 5.63 Å². The molecule has 22 heavy (non-hydrogen) atoms. The van der Waals surface area contributed by atoms with Crippen LogP contribution in [-0.4, -0.2) is 10.8 Å². The predicted molar refractivity (Wildman–Crippen MR) is 85.8 cm³/mol. The highest BCUT2D eigenvalue weighted by Gasteiger charge is 2.09. The van der Waals surface area contributed by atoms with Gasteiger partial charge in [0, 0.05) is 11.3 Å². The second-order valence-corrected chi connectivity index (χ2v) is 4.89. The van der Waals surface area contributed by atoms with Gasteiger partial charge in [-0.05, 0) is 30.7 Å². The summed E-state index contributed by atoms with van der Waals surface area (Å²) >= 11 is 0. The average molecular weight is 294 g/mol. The molecule has 4 N–H and O–H groups in total. The second kappa shape index (κ2) is 5.33. The molecule has 0 atom stereocenters. The number of nitrogens with two attached hydrogens (primary N) is 1. The number of aromatic nitrogens is 1. The van der Waals surface area contributed by atoms with Gasteiger partial charge in [0.2, 0.25) is 0 Å². The maximum atomic E-state index is 12.1. The summed E-state index contributed by atoms with van der Waals surface area (Å²) in [5, 5.41) is 10.8. The lowest BCUT2D eigenvalue weighted by Gasteiger charge is -2.07. The van der Waals surface area contributed by atoms with Crippen molar-refractivity contribution in [3.05, 3.63) is 64.0 Å². The van der Waals surface area contributed by atoms with Gasteiger partial charge in [0.15, 0.2) is 0 Å². The third-order valence-electron chi connectivity index (χ3n) is 3.29. The molecule has 3 aromatic rings. The Morgan fingerprint density at radius 1 is 1.27 bits per heavy atom. The zero-order valence-corrected chi connectivity index (χ0v) is 11.9. The minimum Gasteiger partial charge on any atom is -0.388 e. The summed E-state index contributed by atoms with van der Waals surface area (Å²) in [7, 11) is 0. The first kappa shape index (κ1) is 13.8. The standard InChI is InChI=1S/C16H14N4O2/c1-9-4-2-7-12-13(9)15(21)22-16(20-12)19-11-6-3-5-10(8-11)14(17)18/h2-8H,1H3,(H3,17,18)(H,19,20). The fourth-order valence-corrected chi connectivity index (χ4v) is 2.22. The molecule has 1 aromatic heterocycles. The number of fused-ring (bicyclic) bond motifs is 1. The molecular formula is C16H14N4O2. The Bertz CT molecular complexity index is 931. The summed E-state index contributed by atoms with van der Waals surface area (Å²) in [5.74, 6) is -0.0350. The van der Waals surface area contributed by atoms with Crippen LogP contribution in [0.2, 0.25) is 0 Å². The van der Waals surface area contributed by atoms with E-state index >= 15 is 0 Å². The van der Waals surface area contributed by atoms with Crippen LogP contribution < -0.4 is 16.7 Å². The number of hydrogen-bond donors (Lipinski definition) is 3. The zero-order chi connectivity index (χ0) is 15.7. The number of aryl methyl sites for hydroxylation is 1. The van der Waals surface area contributed by atoms with Crippen LogP contribution >= 0.6 is 0 Å². The molecule has 0 aliphatic heterocycles. The van der Waals surface area contributed by atoms with Gasteiger partial charge in [0.25, 0.3) is 0 Å². The summed E-state index contributed by atoms with van der Waals surface area (Å²) in [4.78, 5) is 16.4. The van der Waals surface area contributed by atoms with Crippen LogP contribution in [0.4, 0.5) is 11.7 Å². The number of anilines is 2. The number of rotatable bonds is 3. The van der Waals surface area contributed by atoms with Crippen molar-refractivity contribution in [2.75, 3.05) is 5.32 Å². The van der Waals surface area contributed by atoms with E-state index in [0.29, 0.717) is 22.2 Å². The van der Waals surface area contributed by atoms with E-state index in [-0.39, 0.29) is 11.9 Å². The summed E-state index contributed by atoms with van der Waals surface area (Å²) in [5.41, 5.74) is 7.62. The molecule has 3 rings (SSSR count). The Labute approximate surface area is 126 Å². The molecule has 0 saturated heterocycles. The highest BCUT2D eigenvalue weighted by atomic mass is 16.4. The van der Waals surface area contributed by atoms with Crippen molar-refractivity contribution in [3.8, 4) is 0 Å². The highest BCUT2D eigenvalue weighted by molar-refractivity contribution is 5.95. The third-order valence-corrected chi connectivity index (χ3v) is 3.29. The molecule has 0 radical (unpaired) electrons. The minimum absolute atomic E-state index is 0.0350. The summed E-state index contributed by atoms with van der Waals surface area (Å²) < 4.78 is 5.21. The van der Waals surface area contributed by atoms with Crippen molar-refractivity contribution in [1.29, 1.82) is 5.41 Å². The van der Waals surface area contributed by atoms with E-state index in [1.807, 2.05) is 19.1 Å². The van der Waals surface area contributed by atoms with Crippen LogP contribution in [0.25, 0.3) is 10.9 Å². The lowest BCUT2D eigenvalue weighted by Crippen LogP contribution is -2.11. The van der Waals surface area contributed by atoms with Crippen molar-refractivity contribution in [1.82, 2.24) is 4.98 Å². The topological polar surface area (TPSA) is 105 Å². The molecule has 0 spiro atoms. The van der Waals surface area contributed by atoms with Crippen LogP contribution in [0.5, 0.6) is 0 Å². The van der Waals surface area contributed by atoms with Gasteiger partial charge in [0.1, 0.15) is 5.84 Å². The van der Waals surface area contributed by atoms with Gasteiger partial charge in [-0.15, -0.1) is 0 Å². The zero-order valence-electron chi connectivity index (χ0n) is 11.9. The number of nitrogen functional groups attached to an aromatic ring is 1. The van der Waals surface area contributed by atoms with Crippen molar-refractivity contribution in [2.45, 2.75) is 6.92 Å². The average Bonchev–Trinajstić information content (AvgIpc) is 2.47. The Balaban J connectivity index is 2.03. The quantitative estimate of drug-likeness (QED) is 0.508. The molecule has 0 aliphatic carbocycles. The molecular weight excluding hydrogens is 280 g/mol. The number of nitrogens with zero attached hydrogens (tertiary/aromatic N) is 1. The van der Waals surface area contributed by atoms with Crippen molar-refractivity contribution in [3.63, 3.8) is 0 Å². The first-order valence-corrected chi connectivity index (χ1v) is 6.66. The Morgan fingerprint density at radius 3 is 2.82 bits per heavy atom. The molecule has 1 heterocycles. The van der Waals surface area contributed by atoms with Crippen LogP contribution in [0.3, 0.4) is 0 Å². The lowest BCUT2D eigenvalue weighted by atomic mass is 10.1. The molecule has 110 valence electrons. The van der Waals surface area contributed by atoms with Gasteiger partial charge < -0.3 is 15.5 Å². The normalized spacial score (nSPS) is 10.6. The first-order valence-electron chi connectivity index (χ1n) is 6.66. The number of amidine groups is 1. The lowest BCUT2D eigenvalue weighted by molar-refractivity contribution is 0.521. The second-order valence-electron chi connectivity index (χ2n) is 4.89. The fraction of sp³-hybridized carbons (Fsp3) is 0.0625. The van der Waals surface area contributed by atoms with E-state index in [1.165, 1.54) is 0 Å². The minimum atomic E-state index is -0.437. The monoisotopic (exact) mass is 294 g/mol. The first-order chi connectivity index (χ1) is 10.5. The van der Waals surface area contributed by atoms with Gasteiger partial charge >= 0.3 is 11.6 Å². The Hall–Kier alpha value is -3.15. The summed E-state index contributed by atoms with van der Waals surface area (Å²) in [6.45, 7) is 1.84. The number of hydrogen-bond acceptors (Lipinski definition) is 5. The van der Waals surface area contributed by atoms with Gasteiger partial charge in [-0.3, -0.25) is 5.41 Å². The van der Waals surface area contributed by atoms with Crippen molar-refractivity contribution < 1.29 is 4.42 Å². The fourth-order valence-electron chi connectivity index (χ4n) is 2.22. The summed E-state index contributed by atoms with van der Waals surface area (Å²) in [6.07, 6.45) is 0. The maximum absolute atomic E-state index is 12.1. The van der Waals surface area contributed by atoms with Gasteiger partial charge in [-0.2, -0.15) is 4.98 Å². The van der Waals surface area contributed by atoms with Gasteiger partial charge in [-0.25, -0.2) is 4.79 Å². The van der Waals surface area contributed by atoms with Crippen LogP contribution in [-0.2, 0) is 0 Å². The van der Waals surface area contributed by atoms with E-state index in [4.69, 9.17) is 15.6 Å². The largest absolute Gasteiger partial charge is 0.388 e. The highest BCUT2D eigenvalue weighted by Crippen LogP contribution is 2.18.